The van der Waals surface area contributed by atoms with Crippen molar-refractivity contribution in [1.29, 1.82) is 0 Å². The molecule has 0 aliphatic heterocycles. The van der Waals surface area contributed by atoms with Crippen molar-refractivity contribution in [3.05, 3.63) is 56.3 Å². The zero-order valence-corrected chi connectivity index (χ0v) is 10.7. The molecule has 1 heterocycles. The summed E-state index contributed by atoms with van der Waals surface area (Å²) < 4.78 is 0.994. The van der Waals surface area contributed by atoms with Crippen LogP contribution in [0.2, 0.25) is 5.15 Å². The maximum atomic E-state index is 12.3. The summed E-state index contributed by atoms with van der Waals surface area (Å²) in [7, 11) is 3.22. The lowest BCUT2D eigenvalue weighted by Crippen LogP contribution is -2.47. The van der Waals surface area contributed by atoms with E-state index < -0.39 is 11.2 Å². The molecule has 0 aliphatic carbocycles. The number of aromatic nitrogens is 2. The summed E-state index contributed by atoms with van der Waals surface area (Å²) in [5.41, 5.74) is -0.0560. The predicted octanol–water partition coefficient (Wildman–Crippen LogP) is 1.05. The quantitative estimate of drug-likeness (QED) is 0.826. The van der Waals surface area contributed by atoms with Gasteiger partial charge in [0, 0.05) is 14.1 Å². The van der Waals surface area contributed by atoms with E-state index in [4.69, 9.17) is 11.6 Å². The largest absolute Gasteiger partial charge is 0.348 e. The van der Waals surface area contributed by atoms with Crippen LogP contribution in [0.3, 0.4) is 0 Å². The van der Waals surface area contributed by atoms with Gasteiger partial charge in [-0.1, -0.05) is 41.9 Å². The van der Waals surface area contributed by atoms with Gasteiger partial charge in [0.15, 0.2) is 0 Å². The average Bonchev–Trinajstić information content (AvgIpc) is 2.28. The van der Waals surface area contributed by atoms with Crippen LogP contribution >= 0.6 is 11.6 Å². The van der Waals surface area contributed by atoms with Gasteiger partial charge in [0.1, 0.15) is 5.15 Å². The minimum Gasteiger partial charge on any atom is -0.312 e. The van der Waals surface area contributed by atoms with Gasteiger partial charge in [-0.3, -0.25) is 9.78 Å². The van der Waals surface area contributed by atoms with Gasteiger partial charge in [-0.05, 0) is 5.56 Å². The first-order valence-corrected chi connectivity index (χ1v) is 5.68. The number of hydrogen-bond acceptors (Lipinski definition) is 3. The molecule has 5 nitrogen and oxygen atoms in total. The van der Waals surface area contributed by atoms with E-state index in [0.29, 0.717) is 5.56 Å². The van der Waals surface area contributed by atoms with Gasteiger partial charge in [-0.2, -0.15) is 4.68 Å². The van der Waals surface area contributed by atoms with E-state index in [1.54, 1.807) is 38.4 Å². The second-order valence-electron chi connectivity index (χ2n) is 3.95. The summed E-state index contributed by atoms with van der Waals surface area (Å²) in [6.45, 7) is 0. The number of rotatable bonds is 2. The van der Waals surface area contributed by atoms with Crippen molar-refractivity contribution in [2.75, 3.05) is 19.1 Å². The van der Waals surface area contributed by atoms with Crippen molar-refractivity contribution < 1.29 is 0 Å². The summed E-state index contributed by atoms with van der Waals surface area (Å²) in [6, 6.07) is 8.97. The van der Waals surface area contributed by atoms with Crippen LogP contribution in [-0.2, 0) is 0 Å². The highest BCUT2D eigenvalue weighted by atomic mass is 35.5. The highest BCUT2D eigenvalue weighted by molar-refractivity contribution is 6.32. The minimum absolute atomic E-state index is 0.0503. The normalized spacial score (nSPS) is 10.4. The predicted molar refractivity (Wildman–Crippen MR) is 71.8 cm³/mol. The highest BCUT2D eigenvalue weighted by Gasteiger charge is 2.15. The first-order valence-electron chi connectivity index (χ1n) is 5.30. The molecular formula is C12H12ClN3O2. The SMILES string of the molecule is CN(C)n1c(=O)[nH]c(Cl)c(-c2ccccc2)c1=O. The molecule has 1 N–H and O–H groups in total. The Morgan fingerprint density at radius 2 is 1.78 bits per heavy atom. The van der Waals surface area contributed by atoms with E-state index in [1.807, 2.05) is 6.07 Å². The van der Waals surface area contributed by atoms with Gasteiger partial charge in [-0.15, -0.1) is 0 Å². The molecule has 1 aromatic heterocycles. The molecule has 0 amide bonds. The van der Waals surface area contributed by atoms with Gasteiger partial charge in [0.2, 0.25) is 0 Å². The molecule has 0 saturated carbocycles. The van der Waals surface area contributed by atoms with Crippen LogP contribution in [0.5, 0.6) is 0 Å². The van der Waals surface area contributed by atoms with E-state index >= 15 is 0 Å². The van der Waals surface area contributed by atoms with Crippen molar-refractivity contribution >= 4 is 11.6 Å². The first-order chi connectivity index (χ1) is 8.52. The molecule has 18 heavy (non-hydrogen) atoms. The van der Waals surface area contributed by atoms with Crippen molar-refractivity contribution in [1.82, 2.24) is 9.66 Å². The molecule has 0 bridgehead atoms. The lowest BCUT2D eigenvalue weighted by Gasteiger charge is -2.15. The van der Waals surface area contributed by atoms with Crippen molar-refractivity contribution in [2.45, 2.75) is 0 Å². The number of H-pyrrole nitrogens is 1. The molecule has 0 atom stereocenters. The number of nitrogens with zero attached hydrogens (tertiary/aromatic N) is 2. The van der Waals surface area contributed by atoms with Crippen molar-refractivity contribution in [2.24, 2.45) is 0 Å². The lowest BCUT2D eigenvalue weighted by atomic mass is 10.1. The third-order valence-corrected chi connectivity index (χ3v) is 2.78. The summed E-state index contributed by atoms with van der Waals surface area (Å²) in [6.07, 6.45) is 0. The van der Waals surface area contributed by atoms with Crippen molar-refractivity contribution in [3.63, 3.8) is 0 Å². The average molecular weight is 266 g/mol. The third kappa shape index (κ3) is 2.04. The summed E-state index contributed by atoms with van der Waals surface area (Å²) >= 11 is 5.96. The Morgan fingerprint density at radius 1 is 1.17 bits per heavy atom. The number of nitrogens with one attached hydrogen (secondary N) is 1. The number of aromatic amines is 1. The fourth-order valence-corrected chi connectivity index (χ4v) is 1.99. The maximum absolute atomic E-state index is 12.3. The molecule has 0 aliphatic rings. The Labute approximate surface area is 108 Å². The minimum atomic E-state index is -0.560. The van der Waals surface area contributed by atoms with Crippen molar-refractivity contribution in [3.8, 4) is 11.1 Å². The van der Waals surface area contributed by atoms with Gasteiger partial charge < -0.3 is 5.01 Å². The topological polar surface area (TPSA) is 58.1 Å². The van der Waals surface area contributed by atoms with E-state index in [2.05, 4.69) is 4.98 Å². The summed E-state index contributed by atoms with van der Waals surface area (Å²) in [5, 5.41) is 1.46. The van der Waals surface area contributed by atoms with Gasteiger partial charge in [0.05, 0.1) is 5.56 Å². The molecule has 2 aromatic rings. The smallest absolute Gasteiger partial charge is 0.312 e. The molecule has 0 fully saturated rings. The standard InChI is InChI=1S/C12H12ClN3O2/c1-15(2)16-11(17)9(10(13)14-12(16)18)8-6-4-3-5-7-8/h3-7H,1-2H3,(H,14,18). The highest BCUT2D eigenvalue weighted by Crippen LogP contribution is 2.20. The zero-order chi connectivity index (χ0) is 13.3. The lowest BCUT2D eigenvalue weighted by molar-refractivity contribution is 0.654. The number of halogens is 1. The molecule has 0 spiro atoms. The Hall–Kier alpha value is -2.01. The first kappa shape index (κ1) is 12.4. The van der Waals surface area contributed by atoms with Crippen LogP contribution in [0.4, 0.5) is 0 Å². The Balaban J connectivity index is 2.81. The zero-order valence-electron chi connectivity index (χ0n) is 9.98. The second-order valence-corrected chi connectivity index (χ2v) is 4.33. The van der Waals surface area contributed by atoms with E-state index in [0.717, 1.165) is 4.68 Å². The van der Waals surface area contributed by atoms with Crippen LogP contribution in [0.25, 0.3) is 11.1 Å². The van der Waals surface area contributed by atoms with E-state index in [9.17, 15) is 9.59 Å². The Morgan fingerprint density at radius 3 is 2.33 bits per heavy atom. The fraction of sp³-hybridized carbons (Fsp3) is 0.167. The molecule has 0 radical (unpaired) electrons. The van der Waals surface area contributed by atoms with E-state index in [-0.39, 0.29) is 10.7 Å². The molecule has 0 unspecified atom stereocenters. The van der Waals surface area contributed by atoms with Crippen LogP contribution in [-0.4, -0.2) is 23.8 Å². The maximum Gasteiger partial charge on any atom is 0.348 e. The summed E-state index contributed by atoms with van der Waals surface area (Å²) in [4.78, 5) is 26.4. The van der Waals surface area contributed by atoms with Gasteiger partial charge in [-0.25, -0.2) is 4.79 Å². The molecule has 1 aromatic carbocycles. The van der Waals surface area contributed by atoms with Crippen LogP contribution in [0.1, 0.15) is 0 Å². The fourth-order valence-electron chi connectivity index (χ4n) is 1.72. The van der Waals surface area contributed by atoms with Gasteiger partial charge in [0.25, 0.3) is 5.56 Å². The van der Waals surface area contributed by atoms with E-state index in [1.165, 1.54) is 5.01 Å². The van der Waals surface area contributed by atoms with Gasteiger partial charge >= 0.3 is 5.69 Å². The third-order valence-electron chi connectivity index (χ3n) is 2.50. The Kier molecular flexibility index (Phi) is 3.25. The number of benzene rings is 1. The second kappa shape index (κ2) is 4.70. The Bertz CT molecular complexity index is 674. The van der Waals surface area contributed by atoms with Crippen LogP contribution in [0, 0.1) is 0 Å². The molecule has 6 heteroatoms. The molecular weight excluding hydrogens is 254 g/mol. The van der Waals surface area contributed by atoms with Crippen LogP contribution < -0.4 is 16.3 Å². The molecule has 94 valence electrons. The summed E-state index contributed by atoms with van der Waals surface area (Å²) in [5.74, 6) is 0. The van der Waals surface area contributed by atoms with Crippen LogP contribution in [0.15, 0.2) is 39.9 Å². The number of hydrogen-bond donors (Lipinski definition) is 1. The molecule has 2 rings (SSSR count). The molecule has 0 saturated heterocycles. The monoisotopic (exact) mass is 265 g/mol.